The Bertz CT molecular complexity index is 299. The molecule has 0 aliphatic heterocycles. The predicted molar refractivity (Wildman–Crippen MR) is 65.8 cm³/mol. The largest absolute Gasteiger partial charge is 0.490 e. The number of carbonyl (C=O) groups excluding carboxylic acids is 2. The van der Waals surface area contributed by atoms with Crippen molar-refractivity contribution in [1.29, 1.82) is 0 Å². The third kappa shape index (κ3) is 2.55. The van der Waals surface area contributed by atoms with Crippen LogP contribution in [0.1, 0.15) is 6.42 Å². The average molecular weight is 262 g/mol. The van der Waals surface area contributed by atoms with E-state index in [0.717, 1.165) is 17.9 Å². The summed E-state index contributed by atoms with van der Waals surface area (Å²) in [5, 5.41) is -0.704. The number of allylic oxidation sites excluding steroid dienone is 2. The van der Waals surface area contributed by atoms with Crippen LogP contribution in [0.15, 0.2) is 11.5 Å². The molecule has 0 radical (unpaired) electrons. The maximum Gasteiger partial charge on any atom is 0.222 e. The van der Waals surface area contributed by atoms with Crippen molar-refractivity contribution in [2.24, 2.45) is 0 Å². The van der Waals surface area contributed by atoms with E-state index in [9.17, 15) is 9.59 Å². The van der Waals surface area contributed by atoms with Gasteiger partial charge in [0.1, 0.15) is 5.25 Å². The van der Waals surface area contributed by atoms with Crippen molar-refractivity contribution < 1.29 is 19.1 Å². The van der Waals surface area contributed by atoms with Crippen LogP contribution in [-0.4, -0.2) is 42.5 Å². The SMILES string of the molecule is COC1=C(OC)C(=O)C(SCCCS)C1=O. The molecular formula is C10H14O4S2. The summed E-state index contributed by atoms with van der Waals surface area (Å²) in [4.78, 5) is 23.6. The molecule has 0 aromatic heterocycles. The van der Waals surface area contributed by atoms with Gasteiger partial charge in [-0.2, -0.15) is 12.6 Å². The number of ether oxygens (including phenoxy) is 2. The smallest absolute Gasteiger partial charge is 0.222 e. The van der Waals surface area contributed by atoms with Crippen LogP contribution in [-0.2, 0) is 19.1 Å². The van der Waals surface area contributed by atoms with Gasteiger partial charge in [-0.25, -0.2) is 0 Å². The second-order valence-electron chi connectivity index (χ2n) is 3.12. The highest BCUT2D eigenvalue weighted by molar-refractivity contribution is 8.01. The fourth-order valence-corrected chi connectivity index (χ4v) is 2.82. The van der Waals surface area contributed by atoms with Gasteiger partial charge in [-0.3, -0.25) is 9.59 Å². The monoisotopic (exact) mass is 262 g/mol. The number of hydrogen-bond donors (Lipinski definition) is 1. The molecule has 0 N–H and O–H groups in total. The Morgan fingerprint density at radius 3 is 2.06 bits per heavy atom. The summed E-state index contributed by atoms with van der Waals surface area (Å²) in [5.41, 5.74) is 0. The zero-order valence-corrected chi connectivity index (χ0v) is 10.9. The standard InChI is InChI=1S/C10H14O4S2/c1-13-8-6(11)10(16-5-3-4-15)7(12)9(8)14-2/h10,15H,3-5H2,1-2H3. The Morgan fingerprint density at radius 2 is 1.69 bits per heavy atom. The molecule has 6 heteroatoms. The molecule has 0 aromatic carbocycles. The summed E-state index contributed by atoms with van der Waals surface area (Å²) in [6, 6.07) is 0. The third-order valence-corrected chi connectivity index (χ3v) is 3.73. The van der Waals surface area contributed by atoms with Crippen LogP contribution in [0.2, 0.25) is 0 Å². The number of carbonyl (C=O) groups is 2. The highest BCUT2D eigenvalue weighted by atomic mass is 32.2. The topological polar surface area (TPSA) is 52.6 Å². The van der Waals surface area contributed by atoms with Crippen molar-refractivity contribution in [3.63, 3.8) is 0 Å². The molecule has 90 valence electrons. The summed E-state index contributed by atoms with van der Waals surface area (Å²) in [5.74, 6) is 0.942. The lowest BCUT2D eigenvalue weighted by atomic mass is 10.3. The van der Waals surface area contributed by atoms with Crippen LogP contribution in [0.4, 0.5) is 0 Å². The van der Waals surface area contributed by atoms with Crippen molar-refractivity contribution >= 4 is 36.0 Å². The van der Waals surface area contributed by atoms with E-state index in [2.05, 4.69) is 12.6 Å². The molecule has 0 amide bonds. The van der Waals surface area contributed by atoms with Gasteiger partial charge in [-0.1, -0.05) is 0 Å². The fraction of sp³-hybridized carbons (Fsp3) is 0.600. The fourth-order valence-electron chi connectivity index (χ4n) is 1.38. The van der Waals surface area contributed by atoms with Gasteiger partial charge in [0.05, 0.1) is 14.2 Å². The predicted octanol–water partition coefficient (Wildman–Crippen LogP) is 1.06. The average Bonchev–Trinajstić information content (AvgIpc) is 2.52. The Morgan fingerprint density at radius 1 is 1.19 bits per heavy atom. The minimum Gasteiger partial charge on any atom is -0.490 e. The van der Waals surface area contributed by atoms with Gasteiger partial charge in [-0.05, 0) is 17.9 Å². The highest BCUT2D eigenvalue weighted by Crippen LogP contribution is 2.29. The third-order valence-electron chi connectivity index (χ3n) is 2.13. The number of rotatable bonds is 6. The van der Waals surface area contributed by atoms with Crippen LogP contribution in [0.3, 0.4) is 0 Å². The number of thiol groups is 1. The number of Topliss-reactive ketones (excluding diaryl/α,β-unsaturated/α-hetero) is 2. The highest BCUT2D eigenvalue weighted by Gasteiger charge is 2.43. The lowest BCUT2D eigenvalue weighted by molar-refractivity contribution is -0.122. The van der Waals surface area contributed by atoms with Crippen LogP contribution in [0.5, 0.6) is 0 Å². The van der Waals surface area contributed by atoms with E-state index >= 15 is 0 Å². The molecule has 0 heterocycles. The van der Waals surface area contributed by atoms with Crippen molar-refractivity contribution in [3.8, 4) is 0 Å². The van der Waals surface area contributed by atoms with Gasteiger partial charge in [-0.15, -0.1) is 11.8 Å². The van der Waals surface area contributed by atoms with Crippen LogP contribution < -0.4 is 0 Å². The summed E-state index contributed by atoms with van der Waals surface area (Å²) in [6.45, 7) is 0. The second-order valence-corrected chi connectivity index (χ2v) is 4.78. The molecule has 1 rings (SSSR count). The van der Waals surface area contributed by atoms with Gasteiger partial charge in [0, 0.05) is 0 Å². The number of thioether (sulfide) groups is 1. The quantitative estimate of drug-likeness (QED) is 0.441. The van der Waals surface area contributed by atoms with E-state index < -0.39 is 5.25 Å². The zero-order valence-electron chi connectivity index (χ0n) is 9.19. The van der Waals surface area contributed by atoms with Crippen molar-refractivity contribution in [2.45, 2.75) is 11.7 Å². The number of ketones is 2. The minimum absolute atomic E-state index is 0.0378. The molecule has 0 saturated heterocycles. The molecular weight excluding hydrogens is 248 g/mol. The molecule has 0 unspecified atom stereocenters. The first-order valence-corrected chi connectivity index (χ1v) is 6.48. The van der Waals surface area contributed by atoms with Crippen molar-refractivity contribution in [2.75, 3.05) is 25.7 Å². The Hall–Kier alpha value is -0.620. The minimum atomic E-state index is -0.704. The molecule has 0 fully saturated rings. The molecule has 16 heavy (non-hydrogen) atoms. The van der Waals surface area contributed by atoms with Gasteiger partial charge in [0.2, 0.25) is 23.1 Å². The van der Waals surface area contributed by atoms with Crippen LogP contribution in [0.25, 0.3) is 0 Å². The van der Waals surface area contributed by atoms with Crippen molar-refractivity contribution in [1.82, 2.24) is 0 Å². The first-order chi connectivity index (χ1) is 7.67. The number of hydrogen-bond acceptors (Lipinski definition) is 6. The number of methoxy groups -OCH3 is 2. The molecule has 1 aliphatic rings. The Labute approximate surface area is 104 Å². The van der Waals surface area contributed by atoms with E-state index in [-0.39, 0.29) is 23.1 Å². The molecule has 0 atom stereocenters. The molecule has 0 saturated carbocycles. The maximum atomic E-state index is 11.8. The van der Waals surface area contributed by atoms with Crippen LogP contribution >= 0.6 is 24.4 Å². The Balaban J connectivity index is 2.72. The lowest BCUT2D eigenvalue weighted by Gasteiger charge is -2.05. The summed E-state index contributed by atoms with van der Waals surface area (Å²) in [6.07, 6.45) is 0.857. The first-order valence-electron chi connectivity index (χ1n) is 4.80. The van der Waals surface area contributed by atoms with E-state index in [1.54, 1.807) is 0 Å². The molecule has 0 spiro atoms. The molecule has 0 aromatic rings. The van der Waals surface area contributed by atoms with Gasteiger partial charge in [0.25, 0.3) is 0 Å². The van der Waals surface area contributed by atoms with Gasteiger partial charge in [0.15, 0.2) is 0 Å². The van der Waals surface area contributed by atoms with E-state index in [4.69, 9.17) is 9.47 Å². The second kappa shape index (κ2) is 6.20. The normalized spacial score (nSPS) is 17.2. The zero-order chi connectivity index (χ0) is 12.1. The van der Waals surface area contributed by atoms with Crippen molar-refractivity contribution in [3.05, 3.63) is 11.5 Å². The summed E-state index contributed by atoms with van der Waals surface area (Å²) in [7, 11) is 2.72. The summed E-state index contributed by atoms with van der Waals surface area (Å²) >= 11 is 5.38. The van der Waals surface area contributed by atoms with E-state index in [0.29, 0.717) is 0 Å². The molecule has 4 nitrogen and oxygen atoms in total. The van der Waals surface area contributed by atoms with Gasteiger partial charge < -0.3 is 9.47 Å². The van der Waals surface area contributed by atoms with Crippen LogP contribution in [0, 0.1) is 0 Å². The first kappa shape index (κ1) is 13.4. The summed E-state index contributed by atoms with van der Waals surface area (Å²) < 4.78 is 9.78. The Kier molecular flexibility index (Phi) is 5.21. The van der Waals surface area contributed by atoms with E-state index in [1.807, 2.05) is 0 Å². The lowest BCUT2D eigenvalue weighted by Crippen LogP contribution is -2.21. The van der Waals surface area contributed by atoms with E-state index in [1.165, 1.54) is 26.0 Å². The maximum absolute atomic E-state index is 11.8. The molecule has 1 aliphatic carbocycles. The molecule has 0 bridgehead atoms. The van der Waals surface area contributed by atoms with Gasteiger partial charge >= 0.3 is 0 Å².